The minimum atomic E-state index is -0.586. The first-order chi connectivity index (χ1) is 18.7. The van der Waals surface area contributed by atoms with Gasteiger partial charge in [0.15, 0.2) is 11.6 Å². The number of anilines is 1. The van der Waals surface area contributed by atoms with Gasteiger partial charge in [-0.2, -0.15) is 15.4 Å². The third-order valence-corrected chi connectivity index (χ3v) is 7.36. The van der Waals surface area contributed by atoms with Crippen molar-refractivity contribution in [1.82, 2.24) is 34.8 Å². The standard InChI is InChI=1S/C27H25FN8O2/c28-8-10-36-23-13-18(26(37)35-9-7-20-22(15-35)33-34-32-20)5-6-21(23)31-25(36)24-14-29-27(38-24)30-19-11-16-3-1-2-4-17(16)12-19/h1-6,13-14,19H,7-12,15H2,(H,29,30)(H,32,33,34). The van der Waals surface area contributed by atoms with E-state index in [0.717, 1.165) is 24.2 Å². The minimum absolute atomic E-state index is 0.0802. The summed E-state index contributed by atoms with van der Waals surface area (Å²) in [6, 6.07) is 14.3. The molecule has 3 aromatic heterocycles. The number of benzene rings is 2. The van der Waals surface area contributed by atoms with Crippen LogP contribution in [0.15, 0.2) is 53.1 Å². The number of H-pyrrole nitrogens is 1. The third kappa shape index (κ3) is 3.90. The predicted molar refractivity (Wildman–Crippen MR) is 137 cm³/mol. The van der Waals surface area contributed by atoms with Crippen LogP contribution in [-0.4, -0.2) is 60.0 Å². The van der Waals surface area contributed by atoms with Gasteiger partial charge in [-0.1, -0.05) is 24.3 Å². The number of carbonyl (C=O) groups is 1. The Kier molecular flexibility index (Phi) is 5.41. The van der Waals surface area contributed by atoms with Crippen molar-refractivity contribution in [3.8, 4) is 11.6 Å². The van der Waals surface area contributed by atoms with Gasteiger partial charge in [0.05, 0.1) is 36.0 Å². The molecule has 7 rings (SSSR count). The number of fused-ring (bicyclic) bond motifs is 3. The molecule has 11 heteroatoms. The molecule has 2 aromatic carbocycles. The highest BCUT2D eigenvalue weighted by Crippen LogP contribution is 2.30. The van der Waals surface area contributed by atoms with Crippen molar-refractivity contribution in [2.24, 2.45) is 0 Å². The molecule has 0 unspecified atom stereocenters. The summed E-state index contributed by atoms with van der Waals surface area (Å²) in [5.41, 5.74) is 6.17. The van der Waals surface area contributed by atoms with Crippen molar-refractivity contribution in [3.63, 3.8) is 0 Å². The van der Waals surface area contributed by atoms with Gasteiger partial charge < -0.3 is 19.2 Å². The Morgan fingerprint density at radius 2 is 1.95 bits per heavy atom. The van der Waals surface area contributed by atoms with Crippen LogP contribution in [0.25, 0.3) is 22.6 Å². The number of aryl methyl sites for hydroxylation is 1. The van der Waals surface area contributed by atoms with E-state index in [2.05, 4.69) is 50.0 Å². The molecule has 0 saturated heterocycles. The molecule has 5 aromatic rings. The Hall–Kier alpha value is -4.54. The zero-order valence-corrected chi connectivity index (χ0v) is 20.5. The molecule has 0 radical (unpaired) electrons. The molecule has 10 nitrogen and oxygen atoms in total. The zero-order chi connectivity index (χ0) is 25.6. The number of nitrogens with one attached hydrogen (secondary N) is 2. The summed E-state index contributed by atoms with van der Waals surface area (Å²) in [6.45, 7) is 0.455. The lowest BCUT2D eigenvalue weighted by molar-refractivity contribution is 0.0732. The summed E-state index contributed by atoms with van der Waals surface area (Å²) in [6.07, 6.45) is 4.06. The van der Waals surface area contributed by atoms with E-state index in [1.54, 1.807) is 33.9 Å². The van der Waals surface area contributed by atoms with Gasteiger partial charge in [0.1, 0.15) is 12.4 Å². The van der Waals surface area contributed by atoms with Crippen molar-refractivity contribution < 1.29 is 13.6 Å². The van der Waals surface area contributed by atoms with Crippen LogP contribution in [0.2, 0.25) is 0 Å². The highest BCUT2D eigenvalue weighted by molar-refractivity contribution is 5.98. The van der Waals surface area contributed by atoms with Crippen molar-refractivity contribution in [1.29, 1.82) is 0 Å². The number of aromatic amines is 1. The molecule has 38 heavy (non-hydrogen) atoms. The van der Waals surface area contributed by atoms with Gasteiger partial charge in [0.2, 0.25) is 0 Å². The quantitative estimate of drug-likeness (QED) is 0.357. The third-order valence-electron chi connectivity index (χ3n) is 7.36. The van der Waals surface area contributed by atoms with Crippen LogP contribution in [0.3, 0.4) is 0 Å². The average Bonchev–Trinajstić information content (AvgIpc) is 3.73. The van der Waals surface area contributed by atoms with Crippen LogP contribution in [-0.2, 0) is 32.4 Å². The second-order valence-corrected chi connectivity index (χ2v) is 9.72. The van der Waals surface area contributed by atoms with Gasteiger partial charge in [-0.15, -0.1) is 0 Å². The van der Waals surface area contributed by atoms with Crippen molar-refractivity contribution in [3.05, 3.63) is 76.7 Å². The number of oxazole rings is 1. The Morgan fingerprint density at radius 3 is 2.76 bits per heavy atom. The van der Waals surface area contributed by atoms with E-state index in [0.29, 0.717) is 53.7 Å². The van der Waals surface area contributed by atoms with Crippen LogP contribution in [0.4, 0.5) is 10.4 Å². The Morgan fingerprint density at radius 1 is 1.13 bits per heavy atom. The average molecular weight is 513 g/mol. The molecule has 1 aliphatic carbocycles. The van der Waals surface area contributed by atoms with Gasteiger partial charge in [0, 0.05) is 24.6 Å². The number of alkyl halides is 1. The fourth-order valence-electron chi connectivity index (χ4n) is 5.49. The minimum Gasteiger partial charge on any atom is -0.420 e. The molecule has 2 N–H and O–H groups in total. The predicted octanol–water partition coefficient (Wildman–Crippen LogP) is 3.56. The van der Waals surface area contributed by atoms with Crippen LogP contribution >= 0.6 is 0 Å². The Labute approximate surface area is 216 Å². The van der Waals surface area contributed by atoms with E-state index in [1.807, 2.05) is 0 Å². The zero-order valence-electron chi connectivity index (χ0n) is 20.5. The van der Waals surface area contributed by atoms with Crippen LogP contribution in [0.5, 0.6) is 0 Å². The van der Waals surface area contributed by atoms with E-state index in [9.17, 15) is 9.18 Å². The lowest BCUT2D eigenvalue weighted by Gasteiger charge is -2.25. The van der Waals surface area contributed by atoms with Gasteiger partial charge in [-0.05, 0) is 42.2 Å². The molecule has 0 spiro atoms. The lowest BCUT2D eigenvalue weighted by Crippen LogP contribution is -2.36. The smallest absolute Gasteiger partial charge is 0.295 e. The molecular formula is C27H25FN8O2. The normalized spacial score (nSPS) is 15.1. The molecule has 0 saturated carbocycles. The van der Waals surface area contributed by atoms with Crippen LogP contribution < -0.4 is 5.32 Å². The molecule has 1 amide bonds. The second kappa shape index (κ2) is 9.09. The number of hydrogen-bond donors (Lipinski definition) is 2. The van der Waals surface area contributed by atoms with Crippen molar-refractivity contribution in [2.45, 2.75) is 38.4 Å². The monoisotopic (exact) mass is 512 g/mol. The molecule has 0 atom stereocenters. The number of nitrogens with zero attached hydrogens (tertiary/aromatic N) is 6. The number of rotatable bonds is 6. The Balaban J connectivity index is 1.15. The number of carbonyl (C=O) groups excluding carboxylic acids is 1. The largest absolute Gasteiger partial charge is 0.420 e. The van der Waals surface area contributed by atoms with E-state index in [-0.39, 0.29) is 18.5 Å². The summed E-state index contributed by atoms with van der Waals surface area (Å²) in [4.78, 5) is 24.2. The number of hydrogen-bond acceptors (Lipinski definition) is 7. The maximum Gasteiger partial charge on any atom is 0.295 e. The van der Waals surface area contributed by atoms with E-state index < -0.39 is 6.67 Å². The number of imidazole rings is 1. The van der Waals surface area contributed by atoms with Gasteiger partial charge in [0.25, 0.3) is 11.9 Å². The first kappa shape index (κ1) is 22.6. The lowest BCUT2D eigenvalue weighted by atomic mass is 10.1. The van der Waals surface area contributed by atoms with Crippen molar-refractivity contribution >= 4 is 23.0 Å². The van der Waals surface area contributed by atoms with E-state index in [1.165, 1.54) is 11.1 Å². The number of amides is 1. The van der Waals surface area contributed by atoms with Crippen LogP contribution in [0.1, 0.15) is 32.9 Å². The molecule has 0 bridgehead atoms. The molecule has 4 heterocycles. The summed E-state index contributed by atoms with van der Waals surface area (Å²) in [5.74, 6) is 0.802. The SMILES string of the molecule is O=C(c1ccc2nc(-c3cnc(NC4Cc5ccccc5C4)o3)n(CCF)c2c1)N1CCc2n[nH]nc2C1. The van der Waals surface area contributed by atoms with Crippen molar-refractivity contribution in [2.75, 3.05) is 18.5 Å². The summed E-state index contributed by atoms with van der Waals surface area (Å²) >= 11 is 0. The molecule has 0 fully saturated rings. The summed E-state index contributed by atoms with van der Waals surface area (Å²) < 4.78 is 21.4. The maximum absolute atomic E-state index is 13.6. The Bertz CT molecular complexity index is 1630. The molecular weight excluding hydrogens is 487 g/mol. The summed E-state index contributed by atoms with van der Waals surface area (Å²) in [5, 5.41) is 14.3. The number of halogens is 1. The fourth-order valence-corrected chi connectivity index (χ4v) is 5.49. The van der Waals surface area contributed by atoms with Crippen LogP contribution in [0, 0.1) is 0 Å². The number of aromatic nitrogens is 6. The maximum atomic E-state index is 13.6. The second-order valence-electron chi connectivity index (χ2n) is 9.72. The first-order valence-corrected chi connectivity index (χ1v) is 12.7. The highest BCUT2D eigenvalue weighted by atomic mass is 19.1. The highest BCUT2D eigenvalue weighted by Gasteiger charge is 2.26. The topological polar surface area (TPSA) is 118 Å². The van der Waals surface area contributed by atoms with E-state index in [4.69, 9.17) is 9.40 Å². The van der Waals surface area contributed by atoms with Gasteiger partial charge >= 0.3 is 0 Å². The molecule has 192 valence electrons. The molecule has 2 aliphatic rings. The fraction of sp³-hybridized carbons (Fsp3) is 0.296. The first-order valence-electron chi connectivity index (χ1n) is 12.7. The summed E-state index contributed by atoms with van der Waals surface area (Å²) in [7, 11) is 0. The van der Waals surface area contributed by atoms with Gasteiger partial charge in [-0.3, -0.25) is 4.79 Å². The van der Waals surface area contributed by atoms with Gasteiger partial charge in [-0.25, -0.2) is 14.4 Å². The van der Waals surface area contributed by atoms with E-state index >= 15 is 0 Å². The molecule has 1 aliphatic heterocycles.